The second-order valence-corrected chi connectivity index (χ2v) is 10.6. The zero-order valence-corrected chi connectivity index (χ0v) is 20.7. The van der Waals surface area contributed by atoms with Gasteiger partial charge in [-0.1, -0.05) is 0 Å². The van der Waals surface area contributed by atoms with E-state index in [0.717, 1.165) is 0 Å². The van der Waals surface area contributed by atoms with Gasteiger partial charge < -0.3 is 29.4 Å². The van der Waals surface area contributed by atoms with E-state index in [0.29, 0.717) is 0 Å². The molecule has 0 aliphatic carbocycles. The first-order chi connectivity index (χ1) is 14.2. The van der Waals surface area contributed by atoms with Crippen molar-refractivity contribution in [2.24, 2.45) is 9.98 Å². The molecule has 1 saturated heterocycles. The van der Waals surface area contributed by atoms with Crippen LogP contribution < -0.4 is 5.32 Å². The number of nitrogens with zero attached hydrogens (tertiary/aromatic N) is 3. The number of phosphoric acid groups is 3. The van der Waals surface area contributed by atoms with Gasteiger partial charge >= 0.3 is 23.5 Å². The largest absolute Gasteiger partial charge is 0.490 e. The second kappa shape index (κ2) is 10.1. The SMILES string of the molecule is N=C1N=C2C(N=CN2[C@H]2C[C@H](O)[C@@H](COP(=O)(O)OP(=O)(O)OP(=O)(O)O)O2)C(=O)N1.[Na]. The third kappa shape index (κ3) is 7.06. The number of aliphatic imine (C=N–C) groups is 2. The van der Waals surface area contributed by atoms with Gasteiger partial charge in [0, 0.05) is 36.0 Å². The minimum absolute atomic E-state index is 0. The summed E-state index contributed by atoms with van der Waals surface area (Å²) in [5.74, 6) is -0.939. The number of amides is 1. The quantitative estimate of drug-likeness (QED) is 0.127. The molecule has 3 aliphatic rings. The van der Waals surface area contributed by atoms with Crippen LogP contribution in [0.1, 0.15) is 6.42 Å². The number of carbonyl (C=O) groups excluding carboxylic acids is 1. The van der Waals surface area contributed by atoms with Gasteiger partial charge in [-0.15, -0.1) is 0 Å². The Morgan fingerprint density at radius 3 is 2.50 bits per heavy atom. The average Bonchev–Trinajstić information content (AvgIpc) is 3.13. The molecule has 0 bridgehead atoms. The molecule has 3 rings (SSSR count). The van der Waals surface area contributed by atoms with Crippen molar-refractivity contribution in [1.82, 2.24) is 10.2 Å². The van der Waals surface area contributed by atoms with E-state index in [1.165, 1.54) is 11.2 Å². The zero-order valence-electron chi connectivity index (χ0n) is 16.0. The molecular formula is C10H16N5NaO13P3. The maximum Gasteiger partial charge on any atom is 0.490 e. The van der Waals surface area contributed by atoms with Crippen molar-refractivity contribution in [2.75, 3.05) is 6.61 Å². The number of aliphatic hydroxyl groups is 1. The van der Waals surface area contributed by atoms with Gasteiger partial charge in [-0.05, 0) is 0 Å². The number of nitrogens with one attached hydrogen (secondary N) is 2. The standard InChI is InChI=1S/C10H16N5O13P3.Na/c11-10-13-8-7(9(17)14-10)12-3-15(8)6-1-4(16)5(26-6)2-25-30(21,22)28-31(23,24)27-29(18,19)20;/h3-7,16H,1-2H2,(H,21,22)(H,23,24)(H2,11,14,17)(H2,18,19,20);/t4-,5+,6+,7?;/m0./s1. The predicted octanol–water partition coefficient (Wildman–Crippen LogP) is -2.40. The minimum atomic E-state index is -5.67. The van der Waals surface area contributed by atoms with Crippen molar-refractivity contribution in [3.05, 3.63) is 0 Å². The van der Waals surface area contributed by atoms with Crippen LogP contribution >= 0.6 is 23.5 Å². The summed E-state index contributed by atoms with van der Waals surface area (Å²) >= 11 is 0. The first-order valence-electron chi connectivity index (χ1n) is 8.07. The molecule has 3 heterocycles. The van der Waals surface area contributed by atoms with Crippen molar-refractivity contribution >= 4 is 77.1 Å². The minimum Gasteiger partial charge on any atom is -0.390 e. The summed E-state index contributed by atoms with van der Waals surface area (Å²) in [7, 11) is -16.6. The maximum atomic E-state index is 11.8. The molecule has 1 fully saturated rings. The van der Waals surface area contributed by atoms with E-state index >= 15 is 0 Å². The summed E-state index contributed by atoms with van der Waals surface area (Å²) in [6.07, 6.45) is -2.38. The number of fused-ring (bicyclic) bond motifs is 1. The number of ether oxygens (including phenoxy) is 1. The summed E-state index contributed by atoms with van der Waals surface area (Å²) in [4.78, 5) is 56.5. The van der Waals surface area contributed by atoms with Crippen molar-refractivity contribution in [2.45, 2.75) is 30.9 Å². The van der Waals surface area contributed by atoms with E-state index in [-0.39, 0.29) is 41.8 Å². The Kier molecular flexibility index (Phi) is 8.77. The number of hydrogen-bond acceptors (Lipinski definition) is 12. The zero-order chi connectivity index (χ0) is 23.2. The molecular weight excluding hydrogens is 514 g/mol. The van der Waals surface area contributed by atoms with E-state index < -0.39 is 66.4 Å². The van der Waals surface area contributed by atoms with Crippen LogP contribution in [-0.4, -0.2) is 114 Å². The van der Waals surface area contributed by atoms with Gasteiger partial charge in [0.15, 0.2) is 11.9 Å². The first-order valence-corrected chi connectivity index (χ1v) is 12.6. The molecule has 0 aromatic rings. The number of amidine groups is 1. The Morgan fingerprint density at radius 1 is 1.22 bits per heavy atom. The van der Waals surface area contributed by atoms with Gasteiger partial charge in [0.2, 0.25) is 5.96 Å². The van der Waals surface area contributed by atoms with E-state index in [4.69, 9.17) is 24.8 Å². The van der Waals surface area contributed by atoms with Crippen LogP contribution in [-0.2, 0) is 36.4 Å². The third-order valence-corrected chi connectivity index (χ3v) is 7.70. The molecule has 0 saturated carbocycles. The average molecular weight is 530 g/mol. The Labute approximate surface area is 200 Å². The van der Waals surface area contributed by atoms with Crippen LogP contribution in [0, 0.1) is 5.41 Å². The molecule has 3 unspecified atom stereocenters. The Hall–Kier alpha value is -0.390. The number of carbonyl (C=O) groups is 1. The molecule has 175 valence electrons. The molecule has 1 radical (unpaired) electrons. The van der Waals surface area contributed by atoms with Gasteiger partial charge in [0.25, 0.3) is 5.91 Å². The number of guanidine groups is 1. The Balaban J connectivity index is 0.00000363. The molecule has 7 N–H and O–H groups in total. The summed E-state index contributed by atoms with van der Waals surface area (Å²) in [5, 5.41) is 19.8. The summed E-state index contributed by atoms with van der Waals surface area (Å²) in [6, 6.07) is -1.01. The number of aliphatic hydroxyl groups excluding tert-OH is 1. The monoisotopic (exact) mass is 530 g/mol. The molecule has 32 heavy (non-hydrogen) atoms. The molecule has 0 aromatic carbocycles. The smallest absolute Gasteiger partial charge is 0.390 e. The van der Waals surface area contributed by atoms with Gasteiger partial charge in [0.05, 0.1) is 19.0 Å². The van der Waals surface area contributed by atoms with E-state index in [9.17, 15) is 28.5 Å². The Morgan fingerprint density at radius 2 is 1.88 bits per heavy atom. The molecule has 6 atom stereocenters. The van der Waals surface area contributed by atoms with E-state index in [2.05, 4.69) is 28.4 Å². The molecule has 22 heteroatoms. The Bertz CT molecular complexity index is 985. The second-order valence-electron chi connectivity index (χ2n) is 6.20. The molecule has 3 aliphatic heterocycles. The predicted molar refractivity (Wildman–Crippen MR) is 102 cm³/mol. The summed E-state index contributed by atoms with van der Waals surface area (Å²) < 4.78 is 50.8. The van der Waals surface area contributed by atoms with Crippen LogP contribution in [0.15, 0.2) is 9.98 Å². The van der Waals surface area contributed by atoms with Crippen molar-refractivity contribution < 1.29 is 61.1 Å². The number of phosphoric ester groups is 1. The first kappa shape index (κ1) is 27.9. The van der Waals surface area contributed by atoms with Crippen molar-refractivity contribution in [3.8, 4) is 0 Å². The molecule has 0 spiro atoms. The topological polar surface area (TPSA) is 270 Å². The third-order valence-electron chi connectivity index (χ3n) is 3.90. The summed E-state index contributed by atoms with van der Waals surface area (Å²) in [5.41, 5.74) is 0. The van der Waals surface area contributed by atoms with Crippen LogP contribution in [0.25, 0.3) is 0 Å². The summed E-state index contributed by atoms with van der Waals surface area (Å²) in [6.45, 7) is -0.849. The van der Waals surface area contributed by atoms with E-state index in [1.54, 1.807) is 0 Å². The van der Waals surface area contributed by atoms with Crippen LogP contribution in [0.2, 0.25) is 0 Å². The van der Waals surface area contributed by atoms with Gasteiger partial charge in [-0.25, -0.2) is 13.7 Å². The fraction of sp³-hybridized carbons (Fsp3) is 0.600. The maximum absolute atomic E-state index is 11.8. The number of rotatable bonds is 8. The number of hydrogen-bond donors (Lipinski definition) is 7. The normalized spacial score (nSPS) is 31.3. The molecule has 18 nitrogen and oxygen atoms in total. The van der Waals surface area contributed by atoms with Gasteiger partial charge in [0.1, 0.15) is 12.3 Å². The fourth-order valence-corrected chi connectivity index (χ4v) is 5.80. The van der Waals surface area contributed by atoms with Crippen LogP contribution in [0.5, 0.6) is 0 Å². The van der Waals surface area contributed by atoms with Crippen LogP contribution in [0.3, 0.4) is 0 Å². The van der Waals surface area contributed by atoms with Crippen molar-refractivity contribution in [1.29, 1.82) is 5.41 Å². The molecule has 1 amide bonds. The fourth-order valence-electron chi connectivity index (χ4n) is 2.77. The van der Waals surface area contributed by atoms with Crippen LogP contribution in [0.4, 0.5) is 0 Å². The van der Waals surface area contributed by atoms with Gasteiger partial charge in [-0.2, -0.15) is 13.6 Å². The molecule has 0 aromatic heterocycles. The van der Waals surface area contributed by atoms with E-state index in [1.807, 2.05) is 0 Å². The van der Waals surface area contributed by atoms with Crippen molar-refractivity contribution in [3.63, 3.8) is 0 Å². The van der Waals surface area contributed by atoms with Gasteiger partial charge in [-0.3, -0.25) is 29.9 Å².